The van der Waals surface area contributed by atoms with Gasteiger partial charge in [0.25, 0.3) is 5.91 Å². The first-order valence-corrected chi connectivity index (χ1v) is 11.2. The number of urea groups is 1. The molecule has 3 amide bonds. The quantitative estimate of drug-likeness (QED) is 0.230. The maximum Gasteiger partial charge on any atom is 0.323 e. The zero-order valence-corrected chi connectivity index (χ0v) is 18.1. The van der Waals surface area contributed by atoms with Crippen molar-refractivity contribution in [2.24, 2.45) is 10.9 Å². The van der Waals surface area contributed by atoms with Crippen LogP contribution in [0.4, 0.5) is 16.2 Å². The van der Waals surface area contributed by atoms with E-state index >= 15 is 0 Å². The first-order chi connectivity index (χ1) is 15.6. The lowest BCUT2D eigenvalue weighted by molar-refractivity contribution is 0.0951. The molecule has 0 aliphatic rings. The van der Waals surface area contributed by atoms with E-state index in [0.29, 0.717) is 28.1 Å². The Morgan fingerprint density at radius 1 is 0.848 bits per heavy atom. The van der Waals surface area contributed by atoms with Gasteiger partial charge in [0, 0.05) is 29.0 Å². The lowest BCUT2D eigenvalue weighted by Crippen LogP contribution is -2.23. The highest BCUT2D eigenvalue weighted by Gasteiger charge is 2.09. The molecular weight excluding hydrogens is 444 g/mol. The van der Waals surface area contributed by atoms with Crippen molar-refractivity contribution in [1.82, 2.24) is 5.32 Å². The molecule has 0 radical (unpaired) electrons. The third-order valence-corrected chi connectivity index (χ3v) is 5.47. The summed E-state index contributed by atoms with van der Waals surface area (Å²) in [6, 6.07) is 18.3. The zero-order chi connectivity index (χ0) is 24.0. The molecule has 0 saturated heterocycles. The number of benzene rings is 3. The fourth-order valence-electron chi connectivity index (χ4n) is 2.84. The molecule has 0 aromatic heterocycles. The second-order valence-corrected chi connectivity index (χ2v) is 8.58. The Morgan fingerprint density at radius 3 is 2.09 bits per heavy atom. The van der Waals surface area contributed by atoms with Crippen molar-refractivity contribution in [2.75, 3.05) is 10.6 Å². The average molecular weight is 467 g/mol. The van der Waals surface area contributed by atoms with Gasteiger partial charge in [0.05, 0.1) is 4.90 Å². The Labute approximate surface area is 190 Å². The normalized spacial score (nSPS) is 10.8. The van der Waals surface area contributed by atoms with Crippen LogP contribution in [0.2, 0.25) is 0 Å². The predicted octanol–water partition coefficient (Wildman–Crippen LogP) is 2.19. The molecule has 170 valence electrons. The maximum atomic E-state index is 12.4. The number of nitrogens with two attached hydrogens (primary N) is 2. The number of sulfonamides is 1. The monoisotopic (exact) mass is 466 g/mol. The Bertz CT molecular complexity index is 1290. The molecule has 3 rings (SSSR count). The van der Waals surface area contributed by atoms with Gasteiger partial charge in [-0.3, -0.25) is 10.2 Å². The molecule has 0 aliphatic heterocycles. The topological polar surface area (TPSA) is 180 Å². The number of nitrogen functional groups attached to an aromatic ring is 1. The molecule has 0 heterocycles. The second kappa shape index (κ2) is 9.94. The molecule has 8 N–H and O–H groups in total. The number of hydrogen-bond donors (Lipinski definition) is 6. The van der Waals surface area contributed by atoms with Gasteiger partial charge in [-0.15, -0.1) is 0 Å². The fraction of sp³-hybridized carbons (Fsp3) is 0.0455. The van der Waals surface area contributed by atoms with Crippen LogP contribution in [0.25, 0.3) is 0 Å². The van der Waals surface area contributed by atoms with Crippen LogP contribution in [-0.4, -0.2) is 26.2 Å². The van der Waals surface area contributed by atoms with Gasteiger partial charge in [-0.05, 0) is 54.1 Å². The van der Waals surface area contributed by atoms with Crippen LogP contribution >= 0.6 is 0 Å². The maximum absolute atomic E-state index is 12.4. The van der Waals surface area contributed by atoms with Crippen LogP contribution in [0.1, 0.15) is 21.5 Å². The molecule has 0 atom stereocenters. The molecule has 0 saturated carbocycles. The molecule has 10 nitrogen and oxygen atoms in total. The summed E-state index contributed by atoms with van der Waals surface area (Å²) < 4.78 is 22.6. The summed E-state index contributed by atoms with van der Waals surface area (Å²) in [5, 5.41) is 20.5. The van der Waals surface area contributed by atoms with E-state index in [1.54, 1.807) is 60.7 Å². The van der Waals surface area contributed by atoms with E-state index in [1.807, 2.05) is 0 Å². The first-order valence-electron chi connectivity index (χ1n) is 9.64. The number of amides is 3. The lowest BCUT2D eigenvalue weighted by Gasteiger charge is -2.10. The summed E-state index contributed by atoms with van der Waals surface area (Å²) in [7, 11) is -3.77. The van der Waals surface area contributed by atoms with Crippen LogP contribution in [0, 0.1) is 5.41 Å². The van der Waals surface area contributed by atoms with Gasteiger partial charge in [-0.1, -0.05) is 24.3 Å². The van der Waals surface area contributed by atoms with Gasteiger partial charge in [0.1, 0.15) is 5.84 Å². The molecule has 11 heteroatoms. The Hall–Kier alpha value is -4.22. The van der Waals surface area contributed by atoms with Crippen molar-refractivity contribution in [3.05, 3.63) is 89.5 Å². The summed E-state index contributed by atoms with van der Waals surface area (Å²) in [5.41, 5.74) is 7.99. The van der Waals surface area contributed by atoms with Crippen LogP contribution in [0.5, 0.6) is 0 Å². The third kappa shape index (κ3) is 6.63. The fourth-order valence-corrected chi connectivity index (χ4v) is 3.36. The molecular formula is C22H22N6O4S. The van der Waals surface area contributed by atoms with Crippen LogP contribution < -0.4 is 26.8 Å². The van der Waals surface area contributed by atoms with E-state index in [4.69, 9.17) is 16.3 Å². The summed E-state index contributed by atoms with van der Waals surface area (Å²) in [4.78, 5) is 24.5. The van der Waals surface area contributed by atoms with E-state index in [2.05, 4.69) is 16.0 Å². The zero-order valence-electron chi connectivity index (χ0n) is 17.3. The number of anilines is 2. The number of carbonyl (C=O) groups is 2. The number of carbonyl (C=O) groups excluding carboxylic acids is 2. The van der Waals surface area contributed by atoms with Crippen molar-refractivity contribution in [1.29, 1.82) is 5.41 Å². The van der Waals surface area contributed by atoms with Gasteiger partial charge in [-0.2, -0.15) is 0 Å². The number of nitrogens with one attached hydrogen (secondary N) is 4. The summed E-state index contributed by atoms with van der Waals surface area (Å²) in [5.74, 6) is -0.434. The summed E-state index contributed by atoms with van der Waals surface area (Å²) >= 11 is 0. The number of primary sulfonamides is 1. The Morgan fingerprint density at radius 2 is 1.48 bits per heavy atom. The highest BCUT2D eigenvalue weighted by molar-refractivity contribution is 7.89. The summed E-state index contributed by atoms with van der Waals surface area (Å²) in [6.07, 6.45) is 0. The minimum atomic E-state index is -3.77. The standard InChI is InChI=1S/C22H22N6O4S/c23-20(24)16-2-1-3-18(12-16)28-22(30)27-17-8-6-15(7-9-17)21(29)26-13-14-4-10-19(11-5-14)33(25,31)32/h1-12H,13H2,(H3,23,24)(H,26,29)(H2,25,31,32)(H2,27,28,30). The van der Waals surface area contributed by atoms with Crippen molar-refractivity contribution in [2.45, 2.75) is 11.4 Å². The summed E-state index contributed by atoms with van der Waals surface area (Å²) in [6.45, 7) is 0.200. The molecule has 3 aromatic rings. The molecule has 0 bridgehead atoms. The minimum Gasteiger partial charge on any atom is -0.384 e. The van der Waals surface area contributed by atoms with E-state index in [0.717, 1.165) is 0 Å². The minimum absolute atomic E-state index is 0.00346. The SMILES string of the molecule is N=C(N)c1cccc(NC(=O)Nc2ccc(C(=O)NCc3ccc(S(N)(=O)=O)cc3)cc2)c1. The van der Waals surface area contributed by atoms with Crippen molar-refractivity contribution >= 4 is 39.2 Å². The Kier molecular flexibility index (Phi) is 7.06. The highest BCUT2D eigenvalue weighted by Crippen LogP contribution is 2.14. The van der Waals surface area contributed by atoms with Crippen LogP contribution in [-0.2, 0) is 16.6 Å². The largest absolute Gasteiger partial charge is 0.384 e. The lowest BCUT2D eigenvalue weighted by atomic mass is 10.1. The molecule has 0 unspecified atom stereocenters. The van der Waals surface area contributed by atoms with Crippen molar-refractivity contribution in [3.63, 3.8) is 0 Å². The van der Waals surface area contributed by atoms with Crippen LogP contribution in [0.15, 0.2) is 77.7 Å². The van der Waals surface area contributed by atoms with Gasteiger partial charge in [0.15, 0.2) is 0 Å². The highest BCUT2D eigenvalue weighted by atomic mass is 32.2. The first kappa shape index (κ1) is 23.4. The molecule has 0 aliphatic carbocycles. The van der Waals surface area contributed by atoms with E-state index in [-0.39, 0.29) is 23.2 Å². The second-order valence-electron chi connectivity index (χ2n) is 7.02. The predicted molar refractivity (Wildman–Crippen MR) is 126 cm³/mol. The van der Waals surface area contributed by atoms with E-state index < -0.39 is 16.1 Å². The molecule has 0 fully saturated rings. The van der Waals surface area contributed by atoms with Gasteiger partial charge < -0.3 is 21.7 Å². The van der Waals surface area contributed by atoms with Crippen LogP contribution in [0.3, 0.4) is 0 Å². The number of hydrogen-bond acceptors (Lipinski definition) is 5. The molecule has 33 heavy (non-hydrogen) atoms. The molecule has 3 aromatic carbocycles. The smallest absolute Gasteiger partial charge is 0.323 e. The number of amidine groups is 1. The number of rotatable bonds is 7. The molecule has 0 spiro atoms. The van der Waals surface area contributed by atoms with Crippen molar-refractivity contribution in [3.8, 4) is 0 Å². The third-order valence-electron chi connectivity index (χ3n) is 4.54. The van der Waals surface area contributed by atoms with Crippen molar-refractivity contribution < 1.29 is 18.0 Å². The van der Waals surface area contributed by atoms with E-state index in [1.165, 1.54) is 12.1 Å². The average Bonchev–Trinajstić information content (AvgIpc) is 2.77. The van der Waals surface area contributed by atoms with Gasteiger partial charge in [0.2, 0.25) is 10.0 Å². The van der Waals surface area contributed by atoms with E-state index in [9.17, 15) is 18.0 Å². The Balaban J connectivity index is 1.54. The van der Waals surface area contributed by atoms with Gasteiger partial charge >= 0.3 is 6.03 Å². The van der Waals surface area contributed by atoms with Gasteiger partial charge in [-0.25, -0.2) is 18.4 Å².